The van der Waals surface area contributed by atoms with E-state index in [0.717, 1.165) is 25.9 Å². The molecule has 0 fully saturated rings. The summed E-state index contributed by atoms with van der Waals surface area (Å²) < 4.78 is 1.06. The van der Waals surface area contributed by atoms with Crippen LogP contribution in [0.3, 0.4) is 0 Å². The maximum absolute atomic E-state index is 5.92. The summed E-state index contributed by atoms with van der Waals surface area (Å²) in [5.41, 5.74) is 7.37. The summed E-state index contributed by atoms with van der Waals surface area (Å²) in [5, 5.41) is 4.08. The predicted octanol–water partition coefficient (Wildman–Crippen LogP) is 3.66. The Labute approximate surface area is 105 Å². The Morgan fingerprint density at radius 1 is 1.25 bits per heavy atom. The number of benzene rings is 1. The molecule has 80 valence electrons. The van der Waals surface area contributed by atoms with Gasteiger partial charge in [0, 0.05) is 10.4 Å². The predicted molar refractivity (Wildman–Crippen MR) is 70.2 cm³/mol. The van der Waals surface area contributed by atoms with Crippen LogP contribution in [0, 0.1) is 0 Å². The Balaban J connectivity index is 2.18. The van der Waals surface area contributed by atoms with Crippen molar-refractivity contribution < 1.29 is 0 Å². The van der Waals surface area contributed by atoms with Crippen LogP contribution in [0.15, 0.2) is 23.6 Å². The number of fused-ring (bicyclic) bond motifs is 1. The summed E-state index contributed by atoms with van der Waals surface area (Å²) in [5.74, 6) is 0. The molecule has 0 saturated carbocycles. The van der Waals surface area contributed by atoms with Gasteiger partial charge in [-0.05, 0) is 18.2 Å². The van der Waals surface area contributed by atoms with E-state index in [4.69, 9.17) is 17.3 Å². The average Bonchev–Trinajstić information content (AvgIpc) is 2.83. The van der Waals surface area contributed by atoms with E-state index in [1.165, 1.54) is 11.3 Å². The number of nitrogen functional groups attached to an aromatic ring is 1. The minimum Gasteiger partial charge on any atom is -0.375 e. The highest BCUT2D eigenvalue weighted by molar-refractivity contribution is 7.22. The van der Waals surface area contributed by atoms with Crippen LogP contribution in [0.4, 0.5) is 5.13 Å². The standard InChI is InChI=1S/C10H6ClN3S2/c11-5-1-2-6-8(3-5)16-9(13-6)7-4-15-10(12)14-7/h1-4H,(H2,12,14). The third-order valence-electron chi connectivity index (χ3n) is 2.09. The Morgan fingerprint density at radius 3 is 2.88 bits per heavy atom. The lowest BCUT2D eigenvalue weighted by molar-refractivity contribution is 1.37. The van der Waals surface area contributed by atoms with Crippen LogP contribution >= 0.6 is 34.3 Å². The number of nitrogens with two attached hydrogens (primary N) is 1. The molecular weight excluding hydrogens is 262 g/mol. The van der Waals surface area contributed by atoms with Crippen molar-refractivity contribution in [3.05, 3.63) is 28.6 Å². The van der Waals surface area contributed by atoms with Gasteiger partial charge in [-0.3, -0.25) is 0 Å². The Bertz CT molecular complexity index is 659. The minimum absolute atomic E-state index is 0.562. The van der Waals surface area contributed by atoms with Crippen molar-refractivity contribution in [1.82, 2.24) is 9.97 Å². The lowest BCUT2D eigenvalue weighted by atomic mass is 10.3. The number of nitrogens with zero attached hydrogens (tertiary/aromatic N) is 2. The summed E-state index contributed by atoms with van der Waals surface area (Å²) in [7, 11) is 0. The molecule has 0 bridgehead atoms. The van der Waals surface area contributed by atoms with Gasteiger partial charge in [-0.2, -0.15) is 0 Å². The Morgan fingerprint density at radius 2 is 2.12 bits per heavy atom. The van der Waals surface area contributed by atoms with Gasteiger partial charge in [-0.25, -0.2) is 9.97 Å². The van der Waals surface area contributed by atoms with Gasteiger partial charge in [0.25, 0.3) is 0 Å². The third-order valence-corrected chi connectivity index (χ3v) is 4.04. The van der Waals surface area contributed by atoms with Crippen LogP contribution in [0.5, 0.6) is 0 Å². The van der Waals surface area contributed by atoms with E-state index >= 15 is 0 Å². The smallest absolute Gasteiger partial charge is 0.180 e. The van der Waals surface area contributed by atoms with Gasteiger partial charge in [0.15, 0.2) is 5.13 Å². The lowest BCUT2D eigenvalue weighted by Crippen LogP contribution is -1.81. The van der Waals surface area contributed by atoms with Crippen LogP contribution in [0.1, 0.15) is 0 Å². The fourth-order valence-corrected chi connectivity index (χ4v) is 3.22. The van der Waals surface area contributed by atoms with Gasteiger partial charge in [0.2, 0.25) is 0 Å². The van der Waals surface area contributed by atoms with Crippen molar-refractivity contribution in [2.75, 3.05) is 5.73 Å². The van der Waals surface area contributed by atoms with Crippen LogP contribution in [0.25, 0.3) is 20.9 Å². The minimum atomic E-state index is 0.562. The van der Waals surface area contributed by atoms with E-state index in [0.29, 0.717) is 5.13 Å². The van der Waals surface area contributed by atoms with Gasteiger partial charge in [0.1, 0.15) is 10.7 Å². The molecule has 3 rings (SSSR count). The first-order valence-electron chi connectivity index (χ1n) is 4.50. The highest BCUT2D eigenvalue weighted by Crippen LogP contribution is 2.32. The molecule has 0 saturated heterocycles. The summed E-state index contributed by atoms with van der Waals surface area (Å²) in [6.07, 6.45) is 0. The maximum atomic E-state index is 5.92. The molecule has 0 aliphatic rings. The second-order valence-corrected chi connectivity index (χ2v) is 5.56. The van der Waals surface area contributed by atoms with Gasteiger partial charge in [-0.1, -0.05) is 11.6 Å². The van der Waals surface area contributed by atoms with E-state index in [2.05, 4.69) is 9.97 Å². The van der Waals surface area contributed by atoms with Crippen LogP contribution in [0.2, 0.25) is 5.02 Å². The molecule has 0 aliphatic heterocycles. The van der Waals surface area contributed by atoms with E-state index < -0.39 is 0 Å². The molecule has 2 heterocycles. The normalized spacial score (nSPS) is 11.1. The first-order valence-corrected chi connectivity index (χ1v) is 6.57. The molecule has 0 spiro atoms. The highest BCUT2D eigenvalue weighted by atomic mass is 35.5. The van der Waals surface area contributed by atoms with E-state index in [1.807, 2.05) is 23.6 Å². The second-order valence-electron chi connectivity index (χ2n) is 3.20. The molecule has 3 nitrogen and oxygen atoms in total. The van der Waals surface area contributed by atoms with Crippen molar-refractivity contribution in [3.8, 4) is 10.7 Å². The number of hydrogen-bond donors (Lipinski definition) is 1. The molecule has 0 aliphatic carbocycles. The zero-order valence-corrected chi connectivity index (χ0v) is 10.4. The van der Waals surface area contributed by atoms with Crippen molar-refractivity contribution in [2.24, 2.45) is 0 Å². The second kappa shape index (κ2) is 3.69. The quantitative estimate of drug-likeness (QED) is 0.732. The molecule has 0 radical (unpaired) electrons. The monoisotopic (exact) mass is 267 g/mol. The zero-order chi connectivity index (χ0) is 11.1. The first kappa shape index (κ1) is 10.0. The molecule has 2 aromatic heterocycles. The Kier molecular flexibility index (Phi) is 2.31. The number of hydrogen-bond acceptors (Lipinski definition) is 5. The van der Waals surface area contributed by atoms with Crippen LogP contribution in [-0.2, 0) is 0 Å². The van der Waals surface area contributed by atoms with Gasteiger partial charge in [-0.15, -0.1) is 22.7 Å². The van der Waals surface area contributed by atoms with Crippen LogP contribution < -0.4 is 5.73 Å². The fraction of sp³-hybridized carbons (Fsp3) is 0. The number of rotatable bonds is 1. The number of anilines is 1. The molecular formula is C10H6ClN3S2. The maximum Gasteiger partial charge on any atom is 0.180 e. The molecule has 6 heteroatoms. The molecule has 0 unspecified atom stereocenters. The number of halogens is 1. The van der Waals surface area contributed by atoms with Gasteiger partial charge in [0.05, 0.1) is 10.2 Å². The van der Waals surface area contributed by atoms with Crippen molar-refractivity contribution >= 4 is 49.6 Å². The van der Waals surface area contributed by atoms with Gasteiger partial charge < -0.3 is 5.73 Å². The molecule has 0 atom stereocenters. The third kappa shape index (κ3) is 1.67. The molecule has 16 heavy (non-hydrogen) atoms. The SMILES string of the molecule is Nc1nc(-c2nc3ccc(Cl)cc3s2)cs1. The Hall–Kier alpha value is -1.17. The molecule has 3 aromatic rings. The van der Waals surface area contributed by atoms with E-state index in [1.54, 1.807) is 11.3 Å². The average molecular weight is 268 g/mol. The van der Waals surface area contributed by atoms with Crippen molar-refractivity contribution in [2.45, 2.75) is 0 Å². The molecule has 0 amide bonds. The van der Waals surface area contributed by atoms with Gasteiger partial charge >= 0.3 is 0 Å². The molecule has 2 N–H and O–H groups in total. The number of thiazole rings is 2. The summed E-state index contributed by atoms with van der Waals surface area (Å²) in [4.78, 5) is 8.70. The summed E-state index contributed by atoms with van der Waals surface area (Å²) in [6.45, 7) is 0. The topological polar surface area (TPSA) is 51.8 Å². The lowest BCUT2D eigenvalue weighted by Gasteiger charge is -1.86. The summed E-state index contributed by atoms with van der Waals surface area (Å²) >= 11 is 8.91. The van der Waals surface area contributed by atoms with Crippen LogP contribution in [-0.4, -0.2) is 9.97 Å². The molecule has 1 aromatic carbocycles. The summed E-state index contributed by atoms with van der Waals surface area (Å²) in [6, 6.07) is 5.66. The fourth-order valence-electron chi connectivity index (χ4n) is 1.39. The van der Waals surface area contributed by atoms with E-state index in [-0.39, 0.29) is 0 Å². The van der Waals surface area contributed by atoms with E-state index in [9.17, 15) is 0 Å². The number of aromatic nitrogens is 2. The largest absolute Gasteiger partial charge is 0.375 e. The highest BCUT2D eigenvalue weighted by Gasteiger charge is 2.09. The first-order chi connectivity index (χ1) is 7.72. The van der Waals surface area contributed by atoms with Crippen molar-refractivity contribution in [3.63, 3.8) is 0 Å². The zero-order valence-electron chi connectivity index (χ0n) is 7.98. The van der Waals surface area contributed by atoms with Crippen molar-refractivity contribution in [1.29, 1.82) is 0 Å².